The number of thiophene rings is 1. The molecule has 170 valence electrons. The first-order valence-electron chi connectivity index (χ1n) is 10.7. The molecule has 0 saturated carbocycles. The molecular formula is C23H33N3O3S2. The molecule has 1 saturated heterocycles. The van der Waals surface area contributed by atoms with Crippen molar-refractivity contribution >= 4 is 27.3 Å². The van der Waals surface area contributed by atoms with Crippen molar-refractivity contribution in [1.29, 1.82) is 0 Å². The molecule has 1 N–H and O–H groups in total. The lowest BCUT2D eigenvalue weighted by molar-refractivity contribution is -0.126. The number of carbonyl (C=O) groups is 1. The van der Waals surface area contributed by atoms with E-state index in [1.165, 1.54) is 9.18 Å². The molecule has 1 aromatic heterocycles. The molecule has 1 amide bonds. The van der Waals surface area contributed by atoms with E-state index >= 15 is 0 Å². The molecule has 1 aliphatic rings. The number of amides is 1. The maximum Gasteiger partial charge on any atom is 0.243 e. The van der Waals surface area contributed by atoms with Crippen LogP contribution in [-0.2, 0) is 14.8 Å². The number of hydrogen-bond acceptors (Lipinski definition) is 5. The Labute approximate surface area is 190 Å². The first-order chi connectivity index (χ1) is 14.6. The van der Waals surface area contributed by atoms with Crippen LogP contribution >= 0.6 is 11.3 Å². The van der Waals surface area contributed by atoms with E-state index in [9.17, 15) is 13.2 Å². The van der Waals surface area contributed by atoms with Gasteiger partial charge in [0.25, 0.3) is 0 Å². The van der Waals surface area contributed by atoms with E-state index in [0.29, 0.717) is 37.4 Å². The number of sulfonamides is 1. The van der Waals surface area contributed by atoms with Crippen molar-refractivity contribution in [1.82, 2.24) is 14.5 Å². The number of nitrogens with zero attached hydrogens (tertiary/aromatic N) is 2. The zero-order valence-corrected chi connectivity index (χ0v) is 20.6. The molecule has 1 aliphatic heterocycles. The number of rotatable bonds is 7. The Morgan fingerprint density at radius 1 is 1.19 bits per heavy atom. The van der Waals surface area contributed by atoms with Gasteiger partial charge in [-0.3, -0.25) is 4.79 Å². The second kappa shape index (κ2) is 9.81. The molecule has 0 aliphatic carbocycles. The Kier molecular flexibility index (Phi) is 7.57. The Balaban J connectivity index is 1.61. The SMILES string of the molecule is Cc1cc(C)c(S(=O)(=O)N2CCC(C(=O)NCC(c3cccs3)N(C)C)CC2)c(C)c1. The van der Waals surface area contributed by atoms with Crippen molar-refractivity contribution in [3.8, 4) is 0 Å². The van der Waals surface area contributed by atoms with E-state index in [1.807, 2.05) is 58.4 Å². The van der Waals surface area contributed by atoms with Crippen LogP contribution in [0.5, 0.6) is 0 Å². The maximum absolute atomic E-state index is 13.3. The molecule has 8 heteroatoms. The van der Waals surface area contributed by atoms with Crippen molar-refractivity contribution in [3.63, 3.8) is 0 Å². The summed E-state index contributed by atoms with van der Waals surface area (Å²) in [6.45, 7) is 6.96. The molecule has 6 nitrogen and oxygen atoms in total. The number of aryl methyl sites for hydroxylation is 3. The second-order valence-corrected chi connectivity index (χ2v) is 11.5. The van der Waals surface area contributed by atoms with Crippen molar-refractivity contribution in [2.75, 3.05) is 33.7 Å². The second-order valence-electron chi connectivity index (χ2n) is 8.65. The number of benzene rings is 1. The van der Waals surface area contributed by atoms with Gasteiger partial charge in [-0.1, -0.05) is 23.8 Å². The van der Waals surface area contributed by atoms with Gasteiger partial charge in [-0.05, 0) is 70.3 Å². The van der Waals surface area contributed by atoms with E-state index in [2.05, 4.69) is 16.3 Å². The number of carbonyl (C=O) groups excluding carboxylic acids is 1. The van der Waals surface area contributed by atoms with E-state index in [1.54, 1.807) is 11.3 Å². The number of likely N-dealkylation sites (N-methyl/N-ethyl adjacent to an activating group) is 1. The van der Waals surface area contributed by atoms with Gasteiger partial charge in [-0.25, -0.2) is 8.42 Å². The molecule has 1 fully saturated rings. The minimum atomic E-state index is -3.56. The largest absolute Gasteiger partial charge is 0.354 e. The average Bonchev–Trinajstić information content (AvgIpc) is 3.21. The van der Waals surface area contributed by atoms with E-state index in [4.69, 9.17) is 0 Å². The fraction of sp³-hybridized carbons (Fsp3) is 0.522. The van der Waals surface area contributed by atoms with Gasteiger partial charge < -0.3 is 10.2 Å². The van der Waals surface area contributed by atoms with Gasteiger partial charge in [-0.15, -0.1) is 11.3 Å². The molecule has 1 aromatic carbocycles. The van der Waals surface area contributed by atoms with Gasteiger partial charge in [0.2, 0.25) is 15.9 Å². The molecule has 2 aromatic rings. The minimum Gasteiger partial charge on any atom is -0.354 e. The highest BCUT2D eigenvalue weighted by Crippen LogP contribution is 2.29. The van der Waals surface area contributed by atoms with E-state index in [0.717, 1.165) is 16.7 Å². The normalized spacial score (nSPS) is 17.1. The maximum atomic E-state index is 13.3. The summed E-state index contributed by atoms with van der Waals surface area (Å²) in [5.74, 6) is -0.138. The number of hydrogen-bond donors (Lipinski definition) is 1. The van der Waals surface area contributed by atoms with Crippen LogP contribution in [-0.4, -0.2) is 57.3 Å². The van der Waals surface area contributed by atoms with Crippen molar-refractivity contribution in [2.24, 2.45) is 5.92 Å². The third kappa shape index (κ3) is 5.37. The Bertz CT molecular complexity index is 986. The summed E-state index contributed by atoms with van der Waals surface area (Å²) in [7, 11) is 0.458. The fourth-order valence-electron chi connectivity index (χ4n) is 4.42. The summed E-state index contributed by atoms with van der Waals surface area (Å²) in [6.07, 6.45) is 1.08. The molecule has 0 bridgehead atoms. The predicted octanol–water partition coefficient (Wildman–Crippen LogP) is 3.49. The van der Waals surface area contributed by atoms with E-state index in [-0.39, 0.29) is 17.9 Å². The molecule has 3 rings (SSSR count). The number of nitrogens with one attached hydrogen (secondary N) is 1. The molecule has 1 unspecified atom stereocenters. The van der Waals surface area contributed by atoms with Gasteiger partial charge >= 0.3 is 0 Å². The summed E-state index contributed by atoms with van der Waals surface area (Å²) < 4.78 is 28.1. The molecule has 31 heavy (non-hydrogen) atoms. The first kappa shape index (κ1) is 23.9. The van der Waals surface area contributed by atoms with Gasteiger partial charge in [0.15, 0.2) is 0 Å². The van der Waals surface area contributed by atoms with Crippen LogP contribution in [0.3, 0.4) is 0 Å². The van der Waals surface area contributed by atoms with Crippen molar-refractivity contribution in [2.45, 2.75) is 44.6 Å². The van der Waals surface area contributed by atoms with Crippen LogP contribution < -0.4 is 5.32 Å². The van der Waals surface area contributed by atoms with Crippen LogP contribution in [0.25, 0.3) is 0 Å². The summed E-state index contributed by atoms with van der Waals surface area (Å²) in [5.41, 5.74) is 2.62. The highest BCUT2D eigenvalue weighted by atomic mass is 32.2. The topological polar surface area (TPSA) is 69.7 Å². The van der Waals surface area contributed by atoms with Crippen LogP contribution in [0, 0.1) is 26.7 Å². The molecule has 1 atom stereocenters. The summed E-state index contributed by atoms with van der Waals surface area (Å²) in [6, 6.07) is 8.06. The van der Waals surface area contributed by atoms with Gasteiger partial charge in [0.05, 0.1) is 10.9 Å². The molecule has 0 spiro atoms. The zero-order valence-electron chi connectivity index (χ0n) is 19.0. The van der Waals surface area contributed by atoms with Gasteiger partial charge in [-0.2, -0.15) is 4.31 Å². The monoisotopic (exact) mass is 463 g/mol. The molecule has 2 heterocycles. The van der Waals surface area contributed by atoms with Crippen molar-refractivity contribution < 1.29 is 13.2 Å². The van der Waals surface area contributed by atoms with Gasteiger partial charge in [0, 0.05) is 30.4 Å². The van der Waals surface area contributed by atoms with Crippen LogP contribution in [0.4, 0.5) is 0 Å². The lowest BCUT2D eigenvalue weighted by atomic mass is 9.97. The Morgan fingerprint density at radius 3 is 2.32 bits per heavy atom. The summed E-state index contributed by atoms with van der Waals surface area (Å²) in [4.78, 5) is 16.5. The van der Waals surface area contributed by atoms with Crippen LogP contribution in [0.15, 0.2) is 34.5 Å². The zero-order chi connectivity index (χ0) is 22.8. The third-order valence-corrected chi connectivity index (χ3v) is 9.17. The molecule has 0 radical (unpaired) electrons. The highest BCUT2D eigenvalue weighted by molar-refractivity contribution is 7.89. The molecular weight excluding hydrogens is 430 g/mol. The first-order valence-corrected chi connectivity index (χ1v) is 13.0. The van der Waals surface area contributed by atoms with E-state index < -0.39 is 10.0 Å². The third-order valence-electron chi connectivity index (χ3n) is 5.99. The average molecular weight is 464 g/mol. The van der Waals surface area contributed by atoms with Crippen LogP contribution in [0.2, 0.25) is 0 Å². The van der Waals surface area contributed by atoms with Gasteiger partial charge in [0.1, 0.15) is 0 Å². The van der Waals surface area contributed by atoms with Crippen LogP contribution in [0.1, 0.15) is 40.5 Å². The number of piperidine rings is 1. The highest BCUT2D eigenvalue weighted by Gasteiger charge is 2.34. The fourth-order valence-corrected chi connectivity index (χ4v) is 7.23. The minimum absolute atomic E-state index is 0.0168. The lowest BCUT2D eigenvalue weighted by Gasteiger charge is -2.32. The lowest BCUT2D eigenvalue weighted by Crippen LogP contribution is -2.44. The van der Waals surface area contributed by atoms with Crippen molar-refractivity contribution in [3.05, 3.63) is 51.2 Å². The Hall–Kier alpha value is -1.74. The Morgan fingerprint density at radius 2 is 1.81 bits per heavy atom. The quantitative estimate of drug-likeness (QED) is 0.682. The standard InChI is InChI=1S/C23H33N3O3S2/c1-16-13-17(2)22(18(3)14-16)31(28,29)26-10-8-19(9-11-26)23(27)24-15-20(25(4)5)21-7-6-12-30-21/h6-7,12-14,19-20H,8-11,15H2,1-5H3,(H,24,27). The summed E-state index contributed by atoms with van der Waals surface area (Å²) >= 11 is 1.68. The summed E-state index contributed by atoms with van der Waals surface area (Å²) in [5, 5.41) is 5.13. The smallest absolute Gasteiger partial charge is 0.243 e. The predicted molar refractivity (Wildman–Crippen MR) is 126 cm³/mol.